The topological polar surface area (TPSA) is 0 Å². The second kappa shape index (κ2) is 4.24. The van der Waals surface area contributed by atoms with E-state index in [9.17, 15) is 0 Å². The first-order valence-electron chi connectivity index (χ1n) is 8.38. The van der Waals surface area contributed by atoms with E-state index in [0.29, 0.717) is 0 Å². The van der Waals surface area contributed by atoms with Gasteiger partial charge in [-0.25, -0.2) is 0 Å². The van der Waals surface area contributed by atoms with Crippen molar-refractivity contribution in [3.8, 4) is 55.6 Å². The lowest BCUT2D eigenvalue weighted by molar-refractivity contribution is 1.49. The molecule has 6 rings (SSSR count). The molecule has 0 atom stereocenters. The fraction of sp³-hybridized carbons (Fsp3) is 0. The predicted molar refractivity (Wildman–Crippen MR) is 101 cm³/mol. The van der Waals surface area contributed by atoms with Gasteiger partial charge in [0.05, 0.1) is 0 Å². The average Bonchev–Trinajstić information content (AvgIpc) is 2.63. The van der Waals surface area contributed by atoms with E-state index >= 15 is 0 Å². The van der Waals surface area contributed by atoms with Crippen LogP contribution >= 0.6 is 0 Å². The molecule has 0 radical (unpaired) electrons. The normalized spacial score (nSPS) is 12.2. The number of hydrogen-bond donors (Lipinski definition) is 0. The molecular formula is C24H14. The van der Waals surface area contributed by atoms with Crippen molar-refractivity contribution in [3.05, 3.63) is 84.9 Å². The highest BCUT2D eigenvalue weighted by atomic mass is 14.3. The zero-order chi connectivity index (χ0) is 15.7. The minimum Gasteiger partial charge on any atom is -0.0616 e. The molecule has 2 aliphatic carbocycles. The quantitative estimate of drug-likeness (QED) is 0.319. The minimum atomic E-state index is 1.30. The van der Waals surface area contributed by atoms with Gasteiger partial charge in [-0.1, -0.05) is 72.8 Å². The largest absolute Gasteiger partial charge is 0.0616 e. The van der Waals surface area contributed by atoms with Crippen LogP contribution in [0, 0.1) is 0 Å². The maximum atomic E-state index is 2.34. The summed E-state index contributed by atoms with van der Waals surface area (Å²) in [7, 11) is 0. The molecule has 0 nitrogen and oxygen atoms in total. The lowest BCUT2D eigenvalue weighted by Crippen LogP contribution is -2.00. The lowest BCUT2D eigenvalue weighted by atomic mass is 9.77. The van der Waals surface area contributed by atoms with Crippen molar-refractivity contribution in [1.82, 2.24) is 0 Å². The molecule has 0 bridgehead atoms. The van der Waals surface area contributed by atoms with Gasteiger partial charge in [0.2, 0.25) is 0 Å². The smallest absolute Gasteiger partial charge is 0.00928 e. The predicted octanol–water partition coefficient (Wildman–Crippen LogP) is 6.65. The van der Waals surface area contributed by atoms with E-state index in [4.69, 9.17) is 0 Å². The molecule has 0 aromatic heterocycles. The summed E-state index contributed by atoms with van der Waals surface area (Å²) < 4.78 is 0. The molecule has 4 aromatic carbocycles. The van der Waals surface area contributed by atoms with Gasteiger partial charge in [-0.15, -0.1) is 0 Å². The van der Waals surface area contributed by atoms with Gasteiger partial charge in [0, 0.05) is 0 Å². The average molecular weight is 302 g/mol. The van der Waals surface area contributed by atoms with E-state index in [0.717, 1.165) is 0 Å². The van der Waals surface area contributed by atoms with E-state index in [1.807, 2.05) is 0 Å². The Balaban J connectivity index is 1.46. The van der Waals surface area contributed by atoms with Crippen LogP contribution in [0.15, 0.2) is 84.9 Å². The summed E-state index contributed by atoms with van der Waals surface area (Å²) in [5.74, 6) is 0. The summed E-state index contributed by atoms with van der Waals surface area (Å²) in [6, 6.07) is 31.0. The van der Waals surface area contributed by atoms with Crippen LogP contribution in [-0.2, 0) is 0 Å². The van der Waals surface area contributed by atoms with Crippen LogP contribution in [0.5, 0.6) is 0 Å². The molecule has 0 saturated carbocycles. The number of fused-ring (bicyclic) bond motifs is 8. The summed E-state index contributed by atoms with van der Waals surface area (Å²) in [4.78, 5) is 0. The van der Waals surface area contributed by atoms with Crippen molar-refractivity contribution in [2.45, 2.75) is 0 Å². The third-order valence-electron chi connectivity index (χ3n) is 5.39. The fourth-order valence-corrected chi connectivity index (χ4v) is 4.14. The van der Waals surface area contributed by atoms with Crippen LogP contribution < -0.4 is 0 Å². The highest BCUT2D eigenvalue weighted by molar-refractivity contribution is 6.05. The highest BCUT2D eigenvalue weighted by Gasteiger charge is 2.24. The van der Waals surface area contributed by atoms with E-state index in [1.165, 1.54) is 55.6 Å². The lowest BCUT2D eigenvalue weighted by Gasteiger charge is -2.26. The summed E-state index contributed by atoms with van der Waals surface area (Å²) in [6.07, 6.45) is 0. The van der Waals surface area contributed by atoms with Gasteiger partial charge >= 0.3 is 0 Å². The molecule has 0 unspecified atom stereocenters. The van der Waals surface area contributed by atoms with Crippen molar-refractivity contribution in [3.63, 3.8) is 0 Å². The summed E-state index contributed by atoms with van der Waals surface area (Å²) >= 11 is 0. The van der Waals surface area contributed by atoms with Crippen molar-refractivity contribution < 1.29 is 0 Å². The molecule has 0 N–H and O–H groups in total. The van der Waals surface area contributed by atoms with Gasteiger partial charge in [0.15, 0.2) is 0 Å². The molecule has 4 aromatic rings. The Morgan fingerprint density at radius 1 is 0.292 bits per heavy atom. The van der Waals surface area contributed by atoms with E-state index in [-0.39, 0.29) is 0 Å². The third kappa shape index (κ3) is 1.43. The Bertz CT molecular complexity index is 1060. The molecule has 0 aliphatic heterocycles. The van der Waals surface area contributed by atoms with Crippen LogP contribution in [0.1, 0.15) is 0 Å². The van der Waals surface area contributed by atoms with E-state index in [1.54, 1.807) is 0 Å². The Labute approximate surface area is 141 Å². The molecule has 0 heteroatoms. The maximum Gasteiger partial charge on any atom is -0.00928 e. The first-order valence-corrected chi connectivity index (χ1v) is 8.38. The number of benzene rings is 4. The summed E-state index contributed by atoms with van der Waals surface area (Å²) in [6.45, 7) is 0. The Morgan fingerprint density at radius 3 is 1.04 bits per heavy atom. The van der Waals surface area contributed by atoms with Crippen LogP contribution in [0.4, 0.5) is 0 Å². The standard InChI is InChI=1S/C24H14/c1-3-7-19-17(5-1)21-11-9-15(13-23(19)21)16-10-12-22-18-6-2-4-8-20(18)24(22)14-16/h1-14H. The molecule has 0 spiro atoms. The Morgan fingerprint density at radius 2 is 0.625 bits per heavy atom. The van der Waals surface area contributed by atoms with Gasteiger partial charge in [-0.3, -0.25) is 0 Å². The summed E-state index contributed by atoms with van der Waals surface area (Å²) in [5.41, 5.74) is 13.6. The van der Waals surface area contributed by atoms with Gasteiger partial charge in [0.25, 0.3) is 0 Å². The monoisotopic (exact) mass is 302 g/mol. The molecular weight excluding hydrogens is 288 g/mol. The second-order valence-corrected chi connectivity index (χ2v) is 6.61. The maximum absolute atomic E-state index is 2.34. The van der Waals surface area contributed by atoms with E-state index < -0.39 is 0 Å². The molecule has 0 fully saturated rings. The van der Waals surface area contributed by atoms with Gasteiger partial charge in [0.1, 0.15) is 0 Å². The van der Waals surface area contributed by atoms with Gasteiger partial charge in [-0.05, 0) is 67.8 Å². The summed E-state index contributed by atoms with van der Waals surface area (Å²) in [5, 5.41) is 0. The zero-order valence-electron chi connectivity index (χ0n) is 13.1. The van der Waals surface area contributed by atoms with Gasteiger partial charge in [-0.2, -0.15) is 0 Å². The van der Waals surface area contributed by atoms with Crippen molar-refractivity contribution in [2.24, 2.45) is 0 Å². The van der Waals surface area contributed by atoms with Crippen molar-refractivity contribution in [2.75, 3.05) is 0 Å². The van der Waals surface area contributed by atoms with Crippen LogP contribution in [0.3, 0.4) is 0 Å². The number of hydrogen-bond acceptors (Lipinski definition) is 0. The van der Waals surface area contributed by atoms with Crippen molar-refractivity contribution in [1.29, 1.82) is 0 Å². The first kappa shape index (κ1) is 12.3. The fourth-order valence-electron chi connectivity index (χ4n) is 4.14. The molecule has 0 saturated heterocycles. The third-order valence-corrected chi connectivity index (χ3v) is 5.39. The first-order chi connectivity index (χ1) is 11.9. The molecule has 0 amide bonds. The highest BCUT2D eigenvalue weighted by Crippen LogP contribution is 2.50. The molecule has 0 heterocycles. The van der Waals surface area contributed by atoms with Gasteiger partial charge < -0.3 is 0 Å². The molecule has 2 aliphatic rings. The van der Waals surface area contributed by atoms with Crippen LogP contribution in [0.2, 0.25) is 0 Å². The Kier molecular flexibility index (Phi) is 2.18. The SMILES string of the molecule is c1ccc2c(c1)-c1ccc(-c3ccc4c(c3)-c3ccccc3-4)cc1-2. The zero-order valence-corrected chi connectivity index (χ0v) is 13.1. The minimum absolute atomic E-state index is 1.30. The molecule has 24 heavy (non-hydrogen) atoms. The second-order valence-electron chi connectivity index (χ2n) is 6.61. The Hall–Kier alpha value is -3.12. The van der Waals surface area contributed by atoms with Crippen LogP contribution in [-0.4, -0.2) is 0 Å². The van der Waals surface area contributed by atoms with Crippen molar-refractivity contribution >= 4 is 0 Å². The van der Waals surface area contributed by atoms with Crippen LogP contribution in [0.25, 0.3) is 55.6 Å². The number of rotatable bonds is 1. The molecule has 110 valence electrons. The van der Waals surface area contributed by atoms with E-state index in [2.05, 4.69) is 84.9 Å².